The van der Waals surface area contributed by atoms with Gasteiger partial charge in [0.25, 0.3) is 0 Å². The van der Waals surface area contributed by atoms with Gasteiger partial charge >= 0.3 is 0 Å². The first-order chi connectivity index (χ1) is 15.2. The maximum atomic E-state index is 6.39. The van der Waals surface area contributed by atoms with E-state index in [-0.39, 0.29) is 5.92 Å². The van der Waals surface area contributed by atoms with Crippen LogP contribution in [0.4, 0.5) is 0 Å². The van der Waals surface area contributed by atoms with E-state index in [9.17, 15) is 0 Å². The fraction of sp³-hybridized carbons (Fsp3) is 0.467. The number of hydrogen-bond acceptors (Lipinski definition) is 0. The minimum Gasteiger partial charge on any atom is -0.361 e. The lowest BCUT2D eigenvalue weighted by atomic mass is 9.87. The molecule has 3 unspecified atom stereocenters. The van der Waals surface area contributed by atoms with Crippen LogP contribution in [-0.2, 0) is 6.42 Å². The van der Waals surface area contributed by atoms with Crippen molar-refractivity contribution in [2.45, 2.75) is 73.6 Å². The molecular weight excluding hydrogens is 410 g/mol. The van der Waals surface area contributed by atoms with Crippen molar-refractivity contribution in [3.8, 4) is 0 Å². The van der Waals surface area contributed by atoms with Crippen LogP contribution in [-0.4, -0.2) is 4.98 Å². The number of benzene rings is 1. The Labute approximate surface area is 201 Å². The monoisotopic (exact) mass is 451 g/mol. The summed E-state index contributed by atoms with van der Waals surface area (Å²) in [7, 11) is 0. The Morgan fingerprint density at radius 2 is 1.88 bits per heavy atom. The molecule has 0 aliphatic carbocycles. The summed E-state index contributed by atoms with van der Waals surface area (Å²) in [6.45, 7) is 22.3. The van der Waals surface area contributed by atoms with E-state index in [1.807, 2.05) is 6.07 Å². The van der Waals surface area contributed by atoms with Gasteiger partial charge in [-0.3, -0.25) is 0 Å². The molecule has 0 radical (unpaired) electrons. The summed E-state index contributed by atoms with van der Waals surface area (Å²) in [5.41, 5.74) is 6.13. The summed E-state index contributed by atoms with van der Waals surface area (Å²) in [6.07, 6.45) is 12.6. The average molecular weight is 452 g/mol. The molecule has 0 aliphatic rings. The van der Waals surface area contributed by atoms with E-state index in [0.29, 0.717) is 5.92 Å². The van der Waals surface area contributed by atoms with Crippen LogP contribution in [0, 0.1) is 17.8 Å². The lowest BCUT2D eigenvalue weighted by molar-refractivity contribution is 0.390. The first kappa shape index (κ1) is 26.3. The maximum absolute atomic E-state index is 6.39. The molecule has 0 amide bonds. The second kappa shape index (κ2) is 12.3. The second-order valence-corrected chi connectivity index (χ2v) is 10.1. The third-order valence-corrected chi connectivity index (χ3v) is 6.69. The van der Waals surface area contributed by atoms with E-state index in [2.05, 4.69) is 90.2 Å². The summed E-state index contributed by atoms with van der Waals surface area (Å²) in [4.78, 5) is 3.26. The molecule has 3 atom stereocenters. The minimum atomic E-state index is 0.194. The van der Waals surface area contributed by atoms with Gasteiger partial charge < -0.3 is 4.98 Å². The number of hydrogen-bond donors (Lipinski definition) is 1. The van der Waals surface area contributed by atoms with Gasteiger partial charge in [0.1, 0.15) is 0 Å². The number of allylic oxidation sites excluding steroid dienone is 2. The summed E-state index contributed by atoms with van der Waals surface area (Å²) < 4.78 is 0. The standard InChI is InChI=1S/C30H42ClN/c1-9-11-20(3)14-21(4)15-22(5)16-27-18-28(31)12-13-29(27)24(7)23(6)17-30-25(8)32-19-26(30)10-2/h12-13,16-21,23,32H,7-11,14-15H2,1-6H3/b22-16-,30-17+. The number of rotatable bonds is 11. The van der Waals surface area contributed by atoms with Crippen LogP contribution in [0.2, 0.25) is 5.02 Å². The molecule has 1 aromatic carbocycles. The highest BCUT2D eigenvalue weighted by atomic mass is 35.5. The molecule has 32 heavy (non-hydrogen) atoms. The van der Waals surface area contributed by atoms with Gasteiger partial charge in [0.15, 0.2) is 0 Å². The molecule has 1 heterocycles. The molecule has 0 saturated carbocycles. The molecule has 1 nitrogen and oxygen atoms in total. The number of halogens is 1. The highest BCUT2D eigenvalue weighted by Crippen LogP contribution is 2.31. The summed E-state index contributed by atoms with van der Waals surface area (Å²) in [5.74, 6) is 1.67. The first-order valence-electron chi connectivity index (χ1n) is 12.2. The van der Waals surface area contributed by atoms with Crippen molar-refractivity contribution in [1.82, 2.24) is 4.98 Å². The third kappa shape index (κ3) is 7.27. The molecule has 1 N–H and O–H groups in total. The molecule has 0 spiro atoms. The summed E-state index contributed by atoms with van der Waals surface area (Å²) >= 11 is 6.39. The predicted molar refractivity (Wildman–Crippen MR) is 145 cm³/mol. The van der Waals surface area contributed by atoms with Gasteiger partial charge in [-0.1, -0.05) is 96.0 Å². The van der Waals surface area contributed by atoms with Gasteiger partial charge in [-0.25, -0.2) is 0 Å². The van der Waals surface area contributed by atoms with Gasteiger partial charge in [0, 0.05) is 16.6 Å². The van der Waals surface area contributed by atoms with Crippen molar-refractivity contribution < 1.29 is 0 Å². The van der Waals surface area contributed by atoms with Gasteiger partial charge in [-0.05, 0) is 83.6 Å². The van der Waals surface area contributed by atoms with Crippen LogP contribution >= 0.6 is 11.6 Å². The Morgan fingerprint density at radius 3 is 2.53 bits per heavy atom. The second-order valence-electron chi connectivity index (χ2n) is 9.70. The highest BCUT2D eigenvalue weighted by molar-refractivity contribution is 6.30. The first-order valence-corrected chi connectivity index (χ1v) is 12.6. The quantitative estimate of drug-likeness (QED) is 0.355. The van der Waals surface area contributed by atoms with Crippen LogP contribution in [0.5, 0.6) is 0 Å². The van der Waals surface area contributed by atoms with Crippen LogP contribution in [0.25, 0.3) is 24.3 Å². The Bertz CT molecular complexity index is 1040. The fourth-order valence-corrected chi connectivity index (χ4v) is 5.00. The van der Waals surface area contributed by atoms with Gasteiger partial charge in [-0.2, -0.15) is 0 Å². The van der Waals surface area contributed by atoms with Crippen LogP contribution in [0.15, 0.2) is 36.5 Å². The highest BCUT2D eigenvalue weighted by Gasteiger charge is 2.13. The molecule has 174 valence electrons. The van der Waals surface area contributed by atoms with E-state index in [1.165, 1.54) is 41.2 Å². The molecule has 2 aromatic rings. The zero-order valence-corrected chi connectivity index (χ0v) is 21.8. The lowest BCUT2D eigenvalue weighted by Gasteiger charge is -2.18. The molecular formula is C30H42ClN. The fourth-order valence-electron chi connectivity index (χ4n) is 4.82. The summed E-state index contributed by atoms with van der Waals surface area (Å²) in [5, 5.41) is 2.94. The van der Waals surface area contributed by atoms with Gasteiger partial charge in [0.2, 0.25) is 0 Å². The number of nitrogens with one attached hydrogen (secondary N) is 1. The third-order valence-electron chi connectivity index (χ3n) is 6.46. The Kier molecular flexibility index (Phi) is 10.1. The molecule has 0 bridgehead atoms. The van der Waals surface area contributed by atoms with Gasteiger partial charge in [-0.15, -0.1) is 0 Å². The van der Waals surface area contributed by atoms with E-state index in [4.69, 9.17) is 11.6 Å². The van der Waals surface area contributed by atoms with Crippen molar-refractivity contribution >= 4 is 35.9 Å². The SMILES string of the molecule is C=C(c1ccc(Cl)cc1/C=C(/C)CC(C)CC(C)CCC)C(C)/C=c1/c(CC)c[nH]c1=C. The van der Waals surface area contributed by atoms with Crippen LogP contribution < -0.4 is 10.6 Å². The van der Waals surface area contributed by atoms with Crippen molar-refractivity contribution in [3.05, 3.63) is 68.8 Å². The number of aryl methyl sites for hydroxylation is 1. The largest absolute Gasteiger partial charge is 0.361 e. The van der Waals surface area contributed by atoms with Crippen molar-refractivity contribution in [2.24, 2.45) is 17.8 Å². The van der Waals surface area contributed by atoms with Crippen molar-refractivity contribution in [3.63, 3.8) is 0 Å². The van der Waals surface area contributed by atoms with Crippen molar-refractivity contribution in [2.75, 3.05) is 0 Å². The number of H-pyrrole nitrogens is 1. The lowest BCUT2D eigenvalue weighted by Crippen LogP contribution is -2.24. The zero-order valence-electron chi connectivity index (χ0n) is 21.0. The van der Waals surface area contributed by atoms with E-state index in [1.54, 1.807) is 0 Å². The van der Waals surface area contributed by atoms with Crippen LogP contribution in [0.3, 0.4) is 0 Å². The van der Waals surface area contributed by atoms with E-state index < -0.39 is 0 Å². The molecule has 0 saturated heterocycles. The minimum absolute atomic E-state index is 0.194. The van der Waals surface area contributed by atoms with E-state index in [0.717, 1.165) is 40.3 Å². The Balaban J connectivity index is 2.29. The predicted octanol–water partition coefficient (Wildman–Crippen LogP) is 8.03. The molecule has 2 heteroatoms. The summed E-state index contributed by atoms with van der Waals surface area (Å²) in [6, 6.07) is 6.16. The van der Waals surface area contributed by atoms with Crippen LogP contribution in [0.1, 0.15) is 83.9 Å². The normalized spacial score (nSPS) is 15.6. The van der Waals surface area contributed by atoms with E-state index >= 15 is 0 Å². The maximum Gasteiger partial charge on any atom is 0.0412 e. The molecule has 0 aliphatic heterocycles. The topological polar surface area (TPSA) is 15.8 Å². The Morgan fingerprint density at radius 1 is 1.16 bits per heavy atom. The van der Waals surface area contributed by atoms with Crippen molar-refractivity contribution in [1.29, 1.82) is 0 Å². The number of aromatic nitrogens is 1. The Hall–Kier alpha value is -1.99. The zero-order chi connectivity index (χ0) is 23.8. The number of aromatic amines is 1. The smallest absolute Gasteiger partial charge is 0.0412 e. The average Bonchev–Trinajstić information content (AvgIpc) is 3.06. The molecule has 0 fully saturated rings. The molecule has 2 rings (SSSR count). The molecule has 1 aromatic heterocycles. The van der Waals surface area contributed by atoms with Gasteiger partial charge in [0.05, 0.1) is 0 Å².